The third-order valence-corrected chi connectivity index (χ3v) is 2.45. The molecule has 2 aromatic rings. The van der Waals surface area contributed by atoms with E-state index >= 15 is 0 Å². The van der Waals surface area contributed by atoms with E-state index in [9.17, 15) is 0 Å². The van der Waals surface area contributed by atoms with Gasteiger partial charge in [-0.25, -0.2) is 0 Å². The SMILES string of the molecule is C=CC(=Cc1ccccc1)c1ccccc1.[MgH2]. The molecule has 0 aromatic heterocycles. The van der Waals surface area contributed by atoms with Crippen molar-refractivity contribution in [1.29, 1.82) is 0 Å². The number of hydrogen-bond acceptors (Lipinski definition) is 0. The van der Waals surface area contributed by atoms with Crippen molar-refractivity contribution in [2.45, 2.75) is 0 Å². The van der Waals surface area contributed by atoms with E-state index in [1.807, 2.05) is 42.5 Å². The first-order valence-corrected chi connectivity index (χ1v) is 5.35. The summed E-state index contributed by atoms with van der Waals surface area (Å²) >= 11 is 0. The molecule has 0 saturated heterocycles. The van der Waals surface area contributed by atoms with E-state index in [1.165, 1.54) is 11.1 Å². The van der Waals surface area contributed by atoms with Crippen LogP contribution in [0.2, 0.25) is 0 Å². The van der Waals surface area contributed by atoms with Crippen LogP contribution in [-0.4, -0.2) is 23.1 Å². The van der Waals surface area contributed by atoms with Crippen molar-refractivity contribution in [3.05, 3.63) is 84.4 Å². The van der Waals surface area contributed by atoms with Crippen LogP contribution in [0.1, 0.15) is 11.1 Å². The van der Waals surface area contributed by atoms with Crippen molar-refractivity contribution in [3.8, 4) is 0 Å². The summed E-state index contributed by atoms with van der Waals surface area (Å²) < 4.78 is 0. The highest BCUT2D eigenvalue weighted by Gasteiger charge is 1.95. The summed E-state index contributed by atoms with van der Waals surface area (Å²) in [5.74, 6) is 0. The highest BCUT2D eigenvalue weighted by molar-refractivity contribution is 5.87. The molecular formula is C16H16Mg. The smallest absolute Gasteiger partial charge is 0.0984 e. The van der Waals surface area contributed by atoms with Gasteiger partial charge in [0, 0.05) is 0 Å². The van der Waals surface area contributed by atoms with Gasteiger partial charge in [0.05, 0.1) is 0 Å². The molecule has 0 aliphatic heterocycles. The lowest BCUT2D eigenvalue weighted by molar-refractivity contribution is 1.62. The second kappa shape index (κ2) is 7.10. The molecule has 2 rings (SSSR count). The predicted octanol–water partition coefficient (Wildman–Crippen LogP) is 3.50. The van der Waals surface area contributed by atoms with E-state index in [4.69, 9.17) is 0 Å². The van der Waals surface area contributed by atoms with Crippen molar-refractivity contribution in [2.24, 2.45) is 0 Å². The van der Waals surface area contributed by atoms with E-state index in [2.05, 4.69) is 36.9 Å². The van der Waals surface area contributed by atoms with Crippen LogP contribution in [-0.2, 0) is 0 Å². The standard InChI is InChI=1S/C16H14.Mg.2H/c1-2-15(16-11-7-4-8-12-16)13-14-9-5-3-6-10-14;;;/h2-13H,1H2;;;. The first kappa shape index (κ1) is 13.7. The Labute approximate surface area is 119 Å². The van der Waals surface area contributed by atoms with Crippen LogP contribution in [0.3, 0.4) is 0 Å². The summed E-state index contributed by atoms with van der Waals surface area (Å²) in [6, 6.07) is 20.6. The second-order valence-electron chi connectivity index (χ2n) is 3.58. The maximum Gasteiger partial charge on any atom is 0.316 e. The molecule has 0 bridgehead atoms. The van der Waals surface area contributed by atoms with Crippen LogP contribution < -0.4 is 0 Å². The van der Waals surface area contributed by atoms with Crippen molar-refractivity contribution in [1.82, 2.24) is 0 Å². The predicted molar refractivity (Wildman–Crippen MR) is 79.5 cm³/mol. The number of rotatable bonds is 3. The molecule has 0 spiro atoms. The Morgan fingerprint density at radius 2 is 1.35 bits per heavy atom. The molecule has 0 nitrogen and oxygen atoms in total. The first-order chi connectivity index (χ1) is 7.90. The van der Waals surface area contributed by atoms with Crippen LogP contribution in [0.25, 0.3) is 11.6 Å². The van der Waals surface area contributed by atoms with E-state index in [0.717, 1.165) is 5.57 Å². The van der Waals surface area contributed by atoms with Gasteiger partial charge in [0.25, 0.3) is 0 Å². The van der Waals surface area contributed by atoms with Gasteiger partial charge in [0.1, 0.15) is 0 Å². The maximum absolute atomic E-state index is 3.87. The van der Waals surface area contributed by atoms with E-state index < -0.39 is 0 Å². The molecule has 0 amide bonds. The fraction of sp³-hybridized carbons (Fsp3) is 0. The molecule has 0 unspecified atom stereocenters. The maximum atomic E-state index is 3.87. The molecule has 17 heavy (non-hydrogen) atoms. The lowest BCUT2D eigenvalue weighted by Gasteiger charge is -2.02. The van der Waals surface area contributed by atoms with Crippen LogP contribution in [0, 0.1) is 0 Å². The van der Waals surface area contributed by atoms with Crippen molar-refractivity contribution >= 4 is 34.7 Å². The molecule has 0 aliphatic rings. The van der Waals surface area contributed by atoms with Crippen LogP contribution in [0.4, 0.5) is 0 Å². The Morgan fingerprint density at radius 3 is 1.88 bits per heavy atom. The summed E-state index contributed by atoms with van der Waals surface area (Å²) in [6.45, 7) is 3.87. The van der Waals surface area contributed by atoms with Crippen molar-refractivity contribution in [3.63, 3.8) is 0 Å². The summed E-state index contributed by atoms with van der Waals surface area (Å²) in [6.07, 6.45) is 4.03. The Morgan fingerprint density at radius 1 is 0.824 bits per heavy atom. The minimum atomic E-state index is 0. The molecule has 82 valence electrons. The normalized spacial score (nSPS) is 10.5. The molecule has 0 N–H and O–H groups in total. The zero-order valence-corrected chi connectivity index (χ0v) is 9.14. The third kappa shape index (κ3) is 3.88. The molecule has 0 aliphatic carbocycles. The number of hydrogen-bond donors (Lipinski definition) is 0. The van der Waals surface area contributed by atoms with Gasteiger partial charge in [-0.05, 0) is 22.8 Å². The van der Waals surface area contributed by atoms with Gasteiger partial charge in [-0.3, -0.25) is 0 Å². The molecule has 0 fully saturated rings. The topological polar surface area (TPSA) is 0 Å². The summed E-state index contributed by atoms with van der Waals surface area (Å²) in [4.78, 5) is 0. The fourth-order valence-electron chi connectivity index (χ4n) is 1.62. The van der Waals surface area contributed by atoms with Crippen LogP contribution >= 0.6 is 0 Å². The lowest BCUT2D eigenvalue weighted by atomic mass is 10.0. The number of benzene rings is 2. The Kier molecular flexibility index (Phi) is 5.74. The minimum absolute atomic E-state index is 0. The Bertz CT molecular complexity index is 483. The van der Waals surface area contributed by atoms with Crippen molar-refractivity contribution < 1.29 is 0 Å². The van der Waals surface area contributed by atoms with E-state index in [0.29, 0.717) is 0 Å². The van der Waals surface area contributed by atoms with E-state index in [1.54, 1.807) is 0 Å². The average molecular weight is 233 g/mol. The first-order valence-electron chi connectivity index (χ1n) is 5.35. The minimum Gasteiger partial charge on any atom is -0.0984 e. The highest BCUT2D eigenvalue weighted by atomic mass is 24.3. The molecular weight excluding hydrogens is 216 g/mol. The number of allylic oxidation sites excluding steroid dienone is 2. The summed E-state index contributed by atoms with van der Waals surface area (Å²) in [7, 11) is 0. The highest BCUT2D eigenvalue weighted by Crippen LogP contribution is 2.18. The summed E-state index contributed by atoms with van der Waals surface area (Å²) in [5.41, 5.74) is 3.54. The van der Waals surface area contributed by atoms with Gasteiger partial charge >= 0.3 is 23.1 Å². The van der Waals surface area contributed by atoms with Gasteiger partial charge < -0.3 is 0 Å². The van der Waals surface area contributed by atoms with E-state index in [-0.39, 0.29) is 23.1 Å². The molecule has 0 radical (unpaired) electrons. The zero-order valence-electron chi connectivity index (χ0n) is 9.14. The van der Waals surface area contributed by atoms with Gasteiger partial charge in [-0.2, -0.15) is 0 Å². The van der Waals surface area contributed by atoms with Gasteiger partial charge in [0.2, 0.25) is 0 Å². The fourth-order valence-corrected chi connectivity index (χ4v) is 1.62. The lowest BCUT2D eigenvalue weighted by Crippen LogP contribution is -1.80. The van der Waals surface area contributed by atoms with Gasteiger partial charge in [0.15, 0.2) is 0 Å². The van der Waals surface area contributed by atoms with Gasteiger partial charge in [-0.1, -0.05) is 73.3 Å². The molecule has 0 heterocycles. The van der Waals surface area contributed by atoms with Crippen LogP contribution in [0.15, 0.2) is 73.3 Å². The molecule has 1 heteroatoms. The second-order valence-corrected chi connectivity index (χ2v) is 3.58. The Hall–Kier alpha value is -1.31. The largest absolute Gasteiger partial charge is 0.316 e. The molecule has 0 atom stereocenters. The average Bonchev–Trinajstić information content (AvgIpc) is 2.38. The Balaban J connectivity index is 0.00000144. The zero-order chi connectivity index (χ0) is 11.2. The van der Waals surface area contributed by atoms with Crippen molar-refractivity contribution in [2.75, 3.05) is 0 Å². The monoisotopic (exact) mass is 232 g/mol. The third-order valence-electron chi connectivity index (χ3n) is 2.45. The van der Waals surface area contributed by atoms with Gasteiger partial charge in [-0.15, -0.1) is 0 Å². The van der Waals surface area contributed by atoms with Crippen LogP contribution in [0.5, 0.6) is 0 Å². The molecule has 0 saturated carbocycles. The molecule has 2 aromatic carbocycles. The summed E-state index contributed by atoms with van der Waals surface area (Å²) in [5, 5.41) is 0. The quantitative estimate of drug-likeness (QED) is 0.432.